The van der Waals surface area contributed by atoms with Gasteiger partial charge in [0, 0.05) is 37.0 Å². The minimum absolute atomic E-state index is 0.0720. The van der Waals surface area contributed by atoms with E-state index < -0.39 is 23.8 Å². The van der Waals surface area contributed by atoms with Gasteiger partial charge in [0.15, 0.2) is 11.4 Å². The first-order valence-corrected chi connectivity index (χ1v) is 10.9. The summed E-state index contributed by atoms with van der Waals surface area (Å²) in [6.07, 6.45) is -1.14. The van der Waals surface area contributed by atoms with Crippen LogP contribution in [0, 0.1) is 0 Å². The average Bonchev–Trinajstić information content (AvgIpc) is 2.83. The van der Waals surface area contributed by atoms with Crippen LogP contribution in [0.2, 0.25) is 0 Å². The second kappa shape index (κ2) is 11.2. The summed E-state index contributed by atoms with van der Waals surface area (Å²) in [5.41, 5.74) is -0.832. The second-order valence-corrected chi connectivity index (χ2v) is 7.94. The molecule has 1 aromatic heterocycles. The minimum atomic E-state index is -2.03. The van der Waals surface area contributed by atoms with Crippen LogP contribution in [-0.2, 0) is 15.1 Å². The third-order valence-corrected chi connectivity index (χ3v) is 5.13. The average molecular weight is 475 g/mol. The summed E-state index contributed by atoms with van der Waals surface area (Å²) in [6.45, 7) is 4.87. The number of hydrogen-bond donors (Lipinski definition) is 6. The maximum Gasteiger partial charge on any atom is 0.319 e. The van der Waals surface area contributed by atoms with Gasteiger partial charge in [-0.2, -0.15) is 0 Å². The van der Waals surface area contributed by atoms with E-state index in [1.165, 1.54) is 13.8 Å². The molecule has 0 spiro atoms. The first kappa shape index (κ1) is 25.3. The Balaban J connectivity index is 1.93. The molecule has 34 heavy (non-hydrogen) atoms. The van der Waals surface area contributed by atoms with Crippen LogP contribution in [-0.4, -0.2) is 82.9 Å². The van der Waals surface area contributed by atoms with E-state index in [1.807, 2.05) is 4.90 Å². The molecule has 0 bridgehead atoms. The minimum Gasteiger partial charge on any atom is -0.395 e. The molecule has 1 aliphatic heterocycles. The number of ether oxygens (including phenoxy) is 1. The van der Waals surface area contributed by atoms with Crippen LogP contribution in [0.1, 0.15) is 19.5 Å². The number of aliphatic hydroxyl groups excluding tert-OH is 2. The lowest BCUT2D eigenvalue weighted by Crippen LogP contribution is -2.46. The van der Waals surface area contributed by atoms with Crippen LogP contribution in [0.5, 0.6) is 0 Å². The van der Waals surface area contributed by atoms with Crippen LogP contribution < -0.4 is 20.9 Å². The topological polar surface area (TPSA) is 169 Å². The number of carbonyl (C=O) groups excluding carboxylic acids is 2. The van der Waals surface area contributed by atoms with Gasteiger partial charge in [-0.1, -0.05) is 0 Å². The molecule has 3 amide bonds. The Kier molecular flexibility index (Phi) is 8.34. The van der Waals surface area contributed by atoms with Crippen LogP contribution in [0.25, 0.3) is 11.4 Å². The number of aromatic nitrogens is 2. The van der Waals surface area contributed by atoms with E-state index in [9.17, 15) is 19.8 Å². The van der Waals surface area contributed by atoms with Gasteiger partial charge in [-0.3, -0.25) is 4.79 Å². The van der Waals surface area contributed by atoms with E-state index in [0.717, 1.165) is 0 Å². The van der Waals surface area contributed by atoms with Gasteiger partial charge in [0.2, 0.25) is 0 Å². The highest BCUT2D eigenvalue weighted by atomic mass is 16.5. The third-order valence-electron chi connectivity index (χ3n) is 5.13. The zero-order chi connectivity index (χ0) is 24.7. The molecule has 6 N–H and O–H groups in total. The molecule has 0 radical (unpaired) electrons. The molecule has 12 heteroatoms. The van der Waals surface area contributed by atoms with Gasteiger partial charge >= 0.3 is 6.03 Å². The van der Waals surface area contributed by atoms with Gasteiger partial charge < -0.3 is 40.9 Å². The Bertz CT molecular complexity index is 992. The van der Waals surface area contributed by atoms with Gasteiger partial charge in [0.05, 0.1) is 25.5 Å². The molecule has 1 aromatic carbocycles. The second-order valence-electron chi connectivity index (χ2n) is 7.94. The van der Waals surface area contributed by atoms with E-state index in [-0.39, 0.29) is 24.7 Å². The van der Waals surface area contributed by atoms with Crippen molar-refractivity contribution < 1.29 is 29.6 Å². The lowest BCUT2D eigenvalue weighted by atomic mass is 10.00. The number of benzene rings is 1. The van der Waals surface area contributed by atoms with Gasteiger partial charge in [-0.15, -0.1) is 0 Å². The fourth-order valence-corrected chi connectivity index (χ4v) is 3.26. The molecule has 0 saturated carbocycles. The van der Waals surface area contributed by atoms with Crippen LogP contribution in [0.4, 0.5) is 16.3 Å². The number of urea groups is 1. The largest absolute Gasteiger partial charge is 0.395 e. The van der Waals surface area contributed by atoms with E-state index in [1.54, 1.807) is 30.3 Å². The van der Waals surface area contributed by atoms with Crippen molar-refractivity contribution in [1.82, 2.24) is 20.6 Å². The van der Waals surface area contributed by atoms with E-state index in [0.29, 0.717) is 43.4 Å². The molecule has 184 valence electrons. The highest BCUT2D eigenvalue weighted by molar-refractivity contribution is 5.89. The summed E-state index contributed by atoms with van der Waals surface area (Å²) < 4.78 is 5.41. The normalized spacial score (nSPS) is 16.3. The highest BCUT2D eigenvalue weighted by Crippen LogP contribution is 2.28. The molecular weight excluding hydrogens is 444 g/mol. The van der Waals surface area contributed by atoms with E-state index in [2.05, 4.69) is 25.9 Å². The predicted octanol–water partition coefficient (Wildman–Crippen LogP) is -0.244. The van der Waals surface area contributed by atoms with Crippen molar-refractivity contribution in [1.29, 1.82) is 0 Å². The summed E-state index contributed by atoms with van der Waals surface area (Å²) >= 11 is 0. The fourth-order valence-electron chi connectivity index (χ4n) is 3.26. The number of carbonyl (C=O) groups is 2. The summed E-state index contributed by atoms with van der Waals surface area (Å²) in [4.78, 5) is 35.4. The predicted molar refractivity (Wildman–Crippen MR) is 124 cm³/mol. The first-order valence-electron chi connectivity index (χ1n) is 10.9. The first-order chi connectivity index (χ1) is 16.2. The molecule has 2 heterocycles. The molecule has 2 aromatic rings. The monoisotopic (exact) mass is 474 g/mol. The van der Waals surface area contributed by atoms with Crippen LogP contribution in [0.15, 0.2) is 30.3 Å². The Morgan fingerprint density at radius 3 is 2.50 bits per heavy atom. The Morgan fingerprint density at radius 1 is 1.21 bits per heavy atom. The smallest absolute Gasteiger partial charge is 0.319 e. The van der Waals surface area contributed by atoms with Crippen molar-refractivity contribution in [3.05, 3.63) is 36.0 Å². The lowest BCUT2D eigenvalue weighted by molar-refractivity contribution is -0.142. The Hall–Kier alpha value is -3.32. The van der Waals surface area contributed by atoms with Crippen molar-refractivity contribution >= 4 is 23.4 Å². The maximum atomic E-state index is 12.6. The van der Waals surface area contributed by atoms with Crippen molar-refractivity contribution in [2.24, 2.45) is 0 Å². The van der Waals surface area contributed by atoms with Crippen molar-refractivity contribution in [3.63, 3.8) is 0 Å². The summed E-state index contributed by atoms with van der Waals surface area (Å²) in [7, 11) is 0. The van der Waals surface area contributed by atoms with Gasteiger partial charge in [0.1, 0.15) is 12.0 Å². The quantitative estimate of drug-likeness (QED) is 0.283. The van der Waals surface area contributed by atoms with Crippen molar-refractivity contribution in [3.8, 4) is 11.4 Å². The Labute approximate surface area is 197 Å². The molecule has 1 fully saturated rings. The van der Waals surface area contributed by atoms with Crippen LogP contribution in [0.3, 0.4) is 0 Å². The van der Waals surface area contributed by atoms with Crippen molar-refractivity contribution in [2.75, 3.05) is 49.7 Å². The number of aliphatic hydroxyl groups is 3. The van der Waals surface area contributed by atoms with E-state index in [4.69, 9.17) is 9.84 Å². The third kappa shape index (κ3) is 6.38. The van der Waals surface area contributed by atoms with Crippen LogP contribution >= 0.6 is 0 Å². The number of nitrogens with zero attached hydrogens (tertiary/aromatic N) is 3. The lowest BCUT2D eigenvalue weighted by Gasteiger charge is -2.30. The molecule has 3 rings (SSSR count). The molecule has 2 unspecified atom stereocenters. The molecule has 1 aliphatic rings. The number of rotatable bonds is 8. The van der Waals surface area contributed by atoms with Gasteiger partial charge in [-0.05, 0) is 38.1 Å². The zero-order valence-electron chi connectivity index (χ0n) is 19.1. The number of amides is 3. The summed E-state index contributed by atoms with van der Waals surface area (Å²) in [5, 5.41) is 36.7. The Morgan fingerprint density at radius 2 is 1.88 bits per heavy atom. The molecular formula is C22H30N6O6. The summed E-state index contributed by atoms with van der Waals surface area (Å²) in [6, 6.07) is 7.84. The molecule has 0 aliphatic carbocycles. The van der Waals surface area contributed by atoms with Gasteiger partial charge in [0.25, 0.3) is 5.91 Å². The van der Waals surface area contributed by atoms with Gasteiger partial charge in [-0.25, -0.2) is 14.8 Å². The number of nitrogens with one attached hydrogen (secondary N) is 3. The van der Waals surface area contributed by atoms with E-state index >= 15 is 0 Å². The number of morpholine rings is 1. The maximum absolute atomic E-state index is 12.6. The fraction of sp³-hybridized carbons (Fsp3) is 0.455. The summed E-state index contributed by atoms with van der Waals surface area (Å²) in [5.74, 6) is 0.00733. The molecule has 1 saturated heterocycles. The molecule has 12 nitrogen and oxygen atoms in total. The number of hydrogen-bond acceptors (Lipinski definition) is 9. The SMILES string of the molecule is CC(O)NC(=O)C(C)(O)c1cc(N2CCOCC2)nc(-c2ccc(NC(=O)NCCO)cc2)n1. The number of anilines is 2. The molecule has 2 atom stereocenters. The van der Waals surface area contributed by atoms with Crippen molar-refractivity contribution in [2.45, 2.75) is 25.7 Å². The standard InChI is InChI=1S/C22H30N6O6/c1-14(30)24-20(31)22(2,33)17-13-18(28-8-11-34-12-9-28)27-19(26-17)15-3-5-16(6-4-15)25-21(32)23-7-10-29/h3-6,13-14,29-30,33H,7-12H2,1-2H3,(H,24,31)(H2,23,25,32). The highest BCUT2D eigenvalue weighted by Gasteiger charge is 2.36. The zero-order valence-corrected chi connectivity index (χ0v) is 19.1.